The molecule has 0 radical (unpaired) electrons. The Bertz CT molecular complexity index is 759. The Labute approximate surface area is 147 Å². The summed E-state index contributed by atoms with van der Waals surface area (Å²) in [5.74, 6) is -0.377. The third-order valence-corrected chi connectivity index (χ3v) is 4.35. The number of amides is 2. The molecule has 24 heavy (non-hydrogen) atoms. The van der Waals surface area contributed by atoms with Gasteiger partial charge in [0.25, 0.3) is 0 Å². The summed E-state index contributed by atoms with van der Waals surface area (Å²) in [5, 5.41) is 3.41. The molecule has 0 atom stereocenters. The van der Waals surface area contributed by atoms with Crippen molar-refractivity contribution in [3.05, 3.63) is 64.2 Å². The molecule has 0 aliphatic heterocycles. The van der Waals surface area contributed by atoms with Gasteiger partial charge in [-0.25, -0.2) is 0 Å². The molecule has 2 amide bonds. The molecule has 0 spiro atoms. The fourth-order valence-electron chi connectivity index (χ4n) is 2.32. The molecule has 0 saturated heterocycles. The Kier molecular flexibility index (Phi) is 5.99. The molecule has 0 fully saturated rings. The second kappa shape index (κ2) is 7.97. The molecule has 2 aromatic carbocycles. The Hall–Kier alpha value is -2.33. The fourth-order valence-corrected chi connectivity index (χ4v) is 2.52. The van der Waals surface area contributed by atoms with E-state index < -0.39 is 0 Å². The lowest BCUT2D eigenvalue weighted by Gasteiger charge is -2.18. The van der Waals surface area contributed by atoms with Gasteiger partial charge in [-0.15, -0.1) is 0 Å². The zero-order valence-electron chi connectivity index (χ0n) is 14.1. The van der Waals surface area contributed by atoms with E-state index >= 15 is 0 Å². The van der Waals surface area contributed by atoms with Crippen molar-refractivity contribution < 1.29 is 9.59 Å². The lowest BCUT2D eigenvalue weighted by molar-refractivity contribution is -0.132. The van der Waals surface area contributed by atoms with Crippen LogP contribution < -0.4 is 5.32 Å². The van der Waals surface area contributed by atoms with Crippen molar-refractivity contribution in [1.29, 1.82) is 0 Å². The van der Waals surface area contributed by atoms with E-state index in [1.165, 1.54) is 4.90 Å². The monoisotopic (exact) mass is 344 g/mol. The number of carbonyl (C=O) groups is 2. The van der Waals surface area contributed by atoms with Crippen LogP contribution in [-0.4, -0.2) is 30.3 Å². The quantitative estimate of drug-likeness (QED) is 0.901. The molecule has 1 N–H and O–H groups in total. The minimum atomic E-state index is -0.223. The van der Waals surface area contributed by atoms with Gasteiger partial charge in [0.05, 0.1) is 13.0 Å². The van der Waals surface area contributed by atoms with Crippen molar-refractivity contribution in [3.8, 4) is 0 Å². The van der Waals surface area contributed by atoms with Gasteiger partial charge in [-0.1, -0.05) is 41.9 Å². The average Bonchev–Trinajstić information content (AvgIpc) is 2.54. The first-order chi connectivity index (χ1) is 11.4. The molecule has 0 aromatic heterocycles. The predicted octanol–water partition coefficient (Wildman–Crippen LogP) is 3.60. The van der Waals surface area contributed by atoms with Crippen molar-refractivity contribution in [2.45, 2.75) is 20.3 Å². The highest BCUT2D eigenvalue weighted by molar-refractivity contribution is 6.31. The van der Waals surface area contributed by atoms with Gasteiger partial charge in [0.2, 0.25) is 11.8 Å². The zero-order chi connectivity index (χ0) is 17.7. The minimum absolute atomic E-state index is 0.00331. The largest absolute Gasteiger partial charge is 0.336 e. The number of hydrogen-bond donors (Lipinski definition) is 1. The van der Waals surface area contributed by atoms with Gasteiger partial charge >= 0.3 is 0 Å². The van der Waals surface area contributed by atoms with Crippen LogP contribution in [0.4, 0.5) is 5.69 Å². The summed E-state index contributed by atoms with van der Waals surface area (Å²) >= 11 is 6.07. The van der Waals surface area contributed by atoms with Gasteiger partial charge in [-0.3, -0.25) is 9.59 Å². The molecule has 0 bridgehead atoms. The first kappa shape index (κ1) is 18.0. The normalized spacial score (nSPS) is 10.3. The number of anilines is 1. The molecule has 0 saturated carbocycles. The van der Waals surface area contributed by atoms with E-state index in [9.17, 15) is 9.59 Å². The highest BCUT2D eigenvalue weighted by atomic mass is 35.5. The van der Waals surface area contributed by atoms with Crippen LogP contribution in [0.15, 0.2) is 42.5 Å². The maximum atomic E-state index is 12.3. The fraction of sp³-hybridized carbons (Fsp3) is 0.263. The Balaban J connectivity index is 1.95. The number of hydrogen-bond acceptors (Lipinski definition) is 2. The van der Waals surface area contributed by atoms with Gasteiger partial charge in [-0.2, -0.15) is 0 Å². The standard InChI is InChI=1S/C19H21ClN2O2/c1-13-7-6-10-17(14(13)2)21-18(23)12-22(3)19(24)11-15-8-4-5-9-16(15)20/h4-10H,11-12H2,1-3H3,(H,21,23). The number of nitrogens with zero attached hydrogens (tertiary/aromatic N) is 1. The number of likely N-dealkylation sites (N-methyl/N-ethyl adjacent to an activating group) is 1. The molecule has 126 valence electrons. The summed E-state index contributed by atoms with van der Waals surface area (Å²) in [5.41, 5.74) is 3.66. The number of halogens is 1. The predicted molar refractivity (Wildman–Crippen MR) is 97.3 cm³/mol. The van der Waals surface area contributed by atoms with E-state index in [2.05, 4.69) is 5.32 Å². The maximum absolute atomic E-state index is 12.3. The van der Waals surface area contributed by atoms with Crippen LogP contribution in [0.2, 0.25) is 5.02 Å². The number of nitrogens with one attached hydrogen (secondary N) is 1. The van der Waals surface area contributed by atoms with Crippen molar-refractivity contribution in [2.24, 2.45) is 0 Å². The second-order valence-corrected chi connectivity index (χ2v) is 6.22. The van der Waals surface area contributed by atoms with Gasteiger partial charge in [0.1, 0.15) is 0 Å². The molecule has 0 unspecified atom stereocenters. The topological polar surface area (TPSA) is 49.4 Å². The summed E-state index contributed by atoms with van der Waals surface area (Å²) in [6.07, 6.45) is 0.174. The molecule has 2 rings (SSSR count). The van der Waals surface area contributed by atoms with Crippen LogP contribution in [0.1, 0.15) is 16.7 Å². The van der Waals surface area contributed by atoms with E-state index in [1.54, 1.807) is 13.1 Å². The Morgan fingerprint density at radius 2 is 1.79 bits per heavy atom. The van der Waals surface area contributed by atoms with E-state index in [4.69, 9.17) is 11.6 Å². The number of benzene rings is 2. The molecule has 5 heteroatoms. The van der Waals surface area contributed by atoms with Gasteiger partial charge in [-0.05, 0) is 42.7 Å². The van der Waals surface area contributed by atoms with Crippen molar-refractivity contribution in [1.82, 2.24) is 4.90 Å². The first-order valence-electron chi connectivity index (χ1n) is 7.72. The number of rotatable bonds is 5. The Morgan fingerprint density at radius 1 is 1.08 bits per heavy atom. The SMILES string of the molecule is Cc1cccc(NC(=O)CN(C)C(=O)Cc2ccccc2Cl)c1C. The number of carbonyl (C=O) groups excluding carboxylic acids is 2. The summed E-state index contributed by atoms with van der Waals surface area (Å²) in [6.45, 7) is 3.94. The highest BCUT2D eigenvalue weighted by Crippen LogP contribution is 2.18. The van der Waals surface area contributed by atoms with Crippen LogP contribution in [0.25, 0.3) is 0 Å². The smallest absolute Gasteiger partial charge is 0.243 e. The van der Waals surface area contributed by atoms with Gasteiger partial charge in [0.15, 0.2) is 0 Å². The van der Waals surface area contributed by atoms with E-state index in [0.29, 0.717) is 5.02 Å². The lowest BCUT2D eigenvalue weighted by Crippen LogP contribution is -2.36. The van der Waals surface area contributed by atoms with E-state index in [0.717, 1.165) is 22.4 Å². The molecule has 2 aromatic rings. The van der Waals surface area contributed by atoms with Crippen LogP contribution in [0.5, 0.6) is 0 Å². The molecule has 4 nitrogen and oxygen atoms in total. The van der Waals surface area contributed by atoms with Crippen LogP contribution in [-0.2, 0) is 16.0 Å². The molecule has 0 heterocycles. The first-order valence-corrected chi connectivity index (χ1v) is 8.09. The number of aryl methyl sites for hydroxylation is 1. The van der Waals surface area contributed by atoms with E-state index in [-0.39, 0.29) is 24.8 Å². The van der Waals surface area contributed by atoms with E-state index in [1.807, 2.05) is 50.2 Å². The summed E-state index contributed by atoms with van der Waals surface area (Å²) in [6, 6.07) is 12.9. The highest BCUT2D eigenvalue weighted by Gasteiger charge is 2.15. The van der Waals surface area contributed by atoms with Crippen molar-refractivity contribution >= 4 is 29.1 Å². The van der Waals surface area contributed by atoms with Gasteiger partial charge in [0, 0.05) is 17.8 Å². The summed E-state index contributed by atoms with van der Waals surface area (Å²) in [7, 11) is 1.61. The lowest BCUT2D eigenvalue weighted by atomic mass is 10.1. The van der Waals surface area contributed by atoms with Crippen LogP contribution in [0, 0.1) is 13.8 Å². The van der Waals surface area contributed by atoms with Gasteiger partial charge < -0.3 is 10.2 Å². The van der Waals surface area contributed by atoms with Crippen LogP contribution in [0.3, 0.4) is 0 Å². The Morgan fingerprint density at radius 3 is 2.50 bits per heavy atom. The second-order valence-electron chi connectivity index (χ2n) is 5.81. The molecular formula is C19H21ClN2O2. The third-order valence-electron chi connectivity index (χ3n) is 3.98. The summed E-state index contributed by atoms with van der Waals surface area (Å²) in [4.78, 5) is 25.8. The van der Waals surface area contributed by atoms with Crippen molar-refractivity contribution in [3.63, 3.8) is 0 Å². The third kappa shape index (κ3) is 4.59. The average molecular weight is 345 g/mol. The van der Waals surface area contributed by atoms with Crippen molar-refractivity contribution in [2.75, 3.05) is 18.9 Å². The molecule has 0 aliphatic carbocycles. The minimum Gasteiger partial charge on any atom is -0.336 e. The van der Waals surface area contributed by atoms with Crippen LogP contribution >= 0.6 is 11.6 Å². The maximum Gasteiger partial charge on any atom is 0.243 e. The summed E-state index contributed by atoms with van der Waals surface area (Å²) < 4.78 is 0. The molecule has 0 aliphatic rings. The molecular weight excluding hydrogens is 324 g/mol. The zero-order valence-corrected chi connectivity index (χ0v) is 14.9.